The number of hydrogen-bond acceptors (Lipinski definition) is 2. The van der Waals surface area contributed by atoms with Crippen LogP contribution in [-0.4, -0.2) is 23.6 Å². The van der Waals surface area contributed by atoms with E-state index in [1.807, 2.05) is 0 Å². The molecule has 1 atom stereocenters. The van der Waals surface area contributed by atoms with Crippen molar-refractivity contribution in [2.45, 2.75) is 43.8 Å². The van der Waals surface area contributed by atoms with Crippen LogP contribution in [0.15, 0.2) is 0 Å². The molecule has 1 nitrogen and oxygen atoms in total. The summed E-state index contributed by atoms with van der Waals surface area (Å²) in [6.45, 7) is 4.92. The van der Waals surface area contributed by atoms with E-state index in [0.717, 1.165) is 5.92 Å². The van der Waals surface area contributed by atoms with Gasteiger partial charge in [0.15, 0.2) is 0 Å². The van der Waals surface area contributed by atoms with Crippen molar-refractivity contribution in [1.82, 2.24) is 5.32 Å². The molecule has 13 heavy (non-hydrogen) atoms. The highest BCUT2D eigenvalue weighted by Gasteiger charge is 2.29. The van der Waals surface area contributed by atoms with Crippen LogP contribution in [0.3, 0.4) is 0 Å². The van der Waals surface area contributed by atoms with E-state index in [1.54, 1.807) is 0 Å². The van der Waals surface area contributed by atoms with Gasteiger partial charge in [0, 0.05) is 11.3 Å². The van der Waals surface area contributed by atoms with Gasteiger partial charge in [-0.25, -0.2) is 0 Å². The van der Waals surface area contributed by atoms with Crippen LogP contribution in [0.4, 0.5) is 0 Å². The Kier molecular flexibility index (Phi) is 3.20. The van der Waals surface area contributed by atoms with Gasteiger partial charge < -0.3 is 5.32 Å². The molecule has 1 unspecified atom stereocenters. The zero-order valence-electron chi connectivity index (χ0n) is 8.64. The quantitative estimate of drug-likeness (QED) is 0.747. The first kappa shape index (κ1) is 9.85. The number of hydrogen-bond donors (Lipinski definition) is 1. The summed E-state index contributed by atoms with van der Waals surface area (Å²) in [5, 5.41) is 3.65. The molecule has 1 saturated heterocycles. The molecule has 0 aromatic rings. The summed E-state index contributed by atoms with van der Waals surface area (Å²) in [4.78, 5) is 0. The third-order valence-electron chi connectivity index (χ3n) is 3.46. The average molecular weight is 199 g/mol. The molecule has 1 N–H and O–H groups in total. The average Bonchev–Trinajstić information content (AvgIpc) is 2.43. The summed E-state index contributed by atoms with van der Waals surface area (Å²) < 4.78 is 0.559. The Labute approximate surface area is 86.0 Å². The van der Waals surface area contributed by atoms with E-state index in [9.17, 15) is 0 Å². The van der Waals surface area contributed by atoms with Gasteiger partial charge >= 0.3 is 0 Å². The Hall–Kier alpha value is 0.310. The lowest BCUT2D eigenvalue weighted by molar-refractivity contribution is 0.298. The second-order valence-electron chi connectivity index (χ2n) is 4.83. The van der Waals surface area contributed by atoms with Crippen molar-refractivity contribution in [2.24, 2.45) is 5.92 Å². The Bertz CT molecular complexity index is 159. The minimum Gasteiger partial charge on any atom is -0.315 e. The maximum atomic E-state index is 3.65. The van der Waals surface area contributed by atoms with Gasteiger partial charge in [0.05, 0.1) is 0 Å². The zero-order valence-corrected chi connectivity index (χ0v) is 9.46. The molecule has 1 saturated carbocycles. The molecule has 2 aliphatic rings. The van der Waals surface area contributed by atoms with Crippen LogP contribution >= 0.6 is 11.8 Å². The van der Waals surface area contributed by atoms with Crippen molar-refractivity contribution in [3.05, 3.63) is 0 Å². The van der Waals surface area contributed by atoms with Gasteiger partial charge in [0.25, 0.3) is 0 Å². The SMILES string of the molecule is CC1(CNCC2CCC2)CCCS1. The Balaban J connectivity index is 1.60. The molecule has 1 aliphatic heterocycles. The highest BCUT2D eigenvalue weighted by atomic mass is 32.2. The molecular weight excluding hydrogens is 178 g/mol. The third kappa shape index (κ3) is 2.63. The molecule has 1 heterocycles. The van der Waals surface area contributed by atoms with Gasteiger partial charge in [0.1, 0.15) is 0 Å². The standard InChI is InChI=1S/C11H21NS/c1-11(6-3-7-13-11)9-12-8-10-4-2-5-10/h10,12H,2-9H2,1H3. The summed E-state index contributed by atoms with van der Waals surface area (Å²) in [7, 11) is 0. The smallest absolute Gasteiger partial charge is 0.0256 e. The van der Waals surface area contributed by atoms with Crippen LogP contribution in [0.5, 0.6) is 0 Å². The molecule has 0 aromatic heterocycles. The van der Waals surface area contributed by atoms with Crippen molar-refractivity contribution < 1.29 is 0 Å². The summed E-state index contributed by atoms with van der Waals surface area (Å²) >= 11 is 2.16. The van der Waals surface area contributed by atoms with Crippen molar-refractivity contribution in [2.75, 3.05) is 18.8 Å². The molecular formula is C11H21NS. The second kappa shape index (κ2) is 4.22. The molecule has 0 amide bonds. The summed E-state index contributed by atoms with van der Waals surface area (Å²) in [6.07, 6.45) is 7.24. The van der Waals surface area contributed by atoms with E-state index in [1.165, 1.54) is 50.9 Å². The Morgan fingerprint density at radius 2 is 2.23 bits per heavy atom. The van der Waals surface area contributed by atoms with Crippen molar-refractivity contribution >= 4 is 11.8 Å². The van der Waals surface area contributed by atoms with Crippen molar-refractivity contribution in [3.63, 3.8) is 0 Å². The van der Waals surface area contributed by atoms with Crippen LogP contribution in [0.1, 0.15) is 39.0 Å². The maximum Gasteiger partial charge on any atom is 0.0256 e. The number of thioether (sulfide) groups is 1. The van der Waals surface area contributed by atoms with Crippen LogP contribution in [0, 0.1) is 5.92 Å². The molecule has 2 fully saturated rings. The van der Waals surface area contributed by atoms with E-state index in [-0.39, 0.29) is 0 Å². The predicted molar refractivity (Wildman–Crippen MR) is 60.3 cm³/mol. The van der Waals surface area contributed by atoms with Gasteiger partial charge in [-0.2, -0.15) is 11.8 Å². The minimum atomic E-state index is 0.559. The summed E-state index contributed by atoms with van der Waals surface area (Å²) in [5.74, 6) is 2.39. The monoisotopic (exact) mass is 199 g/mol. The van der Waals surface area contributed by atoms with E-state index >= 15 is 0 Å². The number of nitrogens with one attached hydrogen (secondary N) is 1. The highest BCUT2D eigenvalue weighted by molar-refractivity contribution is 8.00. The summed E-state index contributed by atoms with van der Waals surface area (Å²) in [6, 6.07) is 0. The van der Waals surface area contributed by atoms with Crippen LogP contribution in [-0.2, 0) is 0 Å². The number of rotatable bonds is 4. The van der Waals surface area contributed by atoms with Gasteiger partial charge in [-0.05, 0) is 50.8 Å². The van der Waals surface area contributed by atoms with E-state index in [0.29, 0.717) is 4.75 Å². The van der Waals surface area contributed by atoms with Gasteiger partial charge in [-0.1, -0.05) is 6.42 Å². The van der Waals surface area contributed by atoms with Crippen molar-refractivity contribution in [1.29, 1.82) is 0 Å². The lowest BCUT2D eigenvalue weighted by Crippen LogP contribution is -2.37. The van der Waals surface area contributed by atoms with Gasteiger partial charge in [-0.15, -0.1) is 0 Å². The van der Waals surface area contributed by atoms with E-state index < -0.39 is 0 Å². The fraction of sp³-hybridized carbons (Fsp3) is 1.00. The molecule has 0 spiro atoms. The lowest BCUT2D eigenvalue weighted by Gasteiger charge is -2.29. The van der Waals surface area contributed by atoms with Crippen LogP contribution in [0.25, 0.3) is 0 Å². The van der Waals surface area contributed by atoms with Crippen LogP contribution < -0.4 is 5.32 Å². The highest BCUT2D eigenvalue weighted by Crippen LogP contribution is 2.37. The molecule has 2 rings (SSSR count). The normalized spacial score (nSPS) is 34.8. The minimum absolute atomic E-state index is 0.559. The van der Waals surface area contributed by atoms with Gasteiger partial charge in [0.2, 0.25) is 0 Å². The zero-order chi connectivity index (χ0) is 9.15. The molecule has 1 aliphatic carbocycles. The lowest BCUT2D eigenvalue weighted by atomic mass is 9.85. The molecule has 76 valence electrons. The fourth-order valence-corrected chi connectivity index (χ4v) is 3.49. The molecule has 0 bridgehead atoms. The fourth-order valence-electron chi connectivity index (χ4n) is 2.21. The van der Waals surface area contributed by atoms with Gasteiger partial charge in [-0.3, -0.25) is 0 Å². The molecule has 0 aromatic carbocycles. The topological polar surface area (TPSA) is 12.0 Å². The van der Waals surface area contributed by atoms with Crippen LogP contribution in [0.2, 0.25) is 0 Å². The Morgan fingerprint density at radius 1 is 1.38 bits per heavy atom. The maximum absolute atomic E-state index is 3.65. The summed E-state index contributed by atoms with van der Waals surface area (Å²) in [5.41, 5.74) is 0. The molecule has 0 radical (unpaired) electrons. The first-order valence-corrected chi connectivity index (χ1v) is 6.62. The third-order valence-corrected chi connectivity index (χ3v) is 5.00. The second-order valence-corrected chi connectivity index (χ2v) is 6.51. The first-order chi connectivity index (χ1) is 6.29. The Morgan fingerprint density at radius 3 is 2.77 bits per heavy atom. The largest absolute Gasteiger partial charge is 0.315 e. The molecule has 2 heteroatoms. The van der Waals surface area contributed by atoms with E-state index in [2.05, 4.69) is 24.0 Å². The van der Waals surface area contributed by atoms with E-state index in [4.69, 9.17) is 0 Å². The first-order valence-electron chi connectivity index (χ1n) is 5.63. The van der Waals surface area contributed by atoms with Crippen molar-refractivity contribution in [3.8, 4) is 0 Å². The predicted octanol–water partition coefficient (Wildman–Crippen LogP) is 2.66.